The number of hydrogen-bond donors (Lipinski definition) is 2. The van der Waals surface area contributed by atoms with Gasteiger partial charge in [0, 0.05) is 18.0 Å². The van der Waals surface area contributed by atoms with E-state index in [4.69, 9.17) is 0 Å². The quantitative estimate of drug-likeness (QED) is 0.163. The van der Waals surface area contributed by atoms with E-state index in [2.05, 4.69) is 47.3 Å². The molecule has 3 aromatic rings. The van der Waals surface area contributed by atoms with Gasteiger partial charge < -0.3 is 0 Å². The number of nitrogens with one attached hydrogen (secondary N) is 2. The van der Waals surface area contributed by atoms with Crippen molar-refractivity contribution in [1.82, 2.24) is 15.4 Å². The summed E-state index contributed by atoms with van der Waals surface area (Å²) in [7, 11) is 0. The molecule has 3 rings (SSSR count). The van der Waals surface area contributed by atoms with Crippen LogP contribution >= 0.6 is 31.9 Å². The molecule has 0 saturated heterocycles. The second kappa shape index (κ2) is 11.1. The van der Waals surface area contributed by atoms with Crippen LogP contribution in [0.5, 0.6) is 0 Å². The monoisotopic (exact) mass is 658 g/mol. The van der Waals surface area contributed by atoms with Crippen LogP contribution in [0.3, 0.4) is 0 Å². The predicted molar refractivity (Wildman–Crippen MR) is 124 cm³/mol. The fraction of sp³-hybridized carbons (Fsp3) is 0.136. The maximum absolute atomic E-state index is 14.9. The first-order valence-corrected chi connectivity index (χ1v) is 11.4. The number of aromatic nitrogens is 2. The highest BCUT2D eigenvalue weighted by molar-refractivity contribution is 9.11. The van der Waals surface area contributed by atoms with E-state index in [9.17, 15) is 39.9 Å². The van der Waals surface area contributed by atoms with Gasteiger partial charge in [-0.2, -0.15) is 26.3 Å². The number of allylic oxidation sites excluding steroid dienone is 1. The number of nitrogens with zero attached hydrogens (tertiary/aromatic N) is 2. The lowest BCUT2D eigenvalue weighted by atomic mass is 9.95. The Bertz CT molecular complexity index is 1310. The number of benzene rings is 2. The number of hydrazine groups is 1. The number of carbonyl (C=O) groups is 1. The molecule has 2 N–H and O–H groups in total. The standard InChI is InChI=1S/C22H12Br2F8N4O/c23-15-7-11(8-16(24)18(15)26)13(21(27,28)29)9-17(25)10-2-3-12(14(6-10)22(30,31)32)19(37)35-36-20-33-4-1-5-34-20/h1-9,13H,(H,35,37)(H,33,34,36)/b17-9-. The van der Waals surface area contributed by atoms with Gasteiger partial charge in [0.2, 0.25) is 5.95 Å². The van der Waals surface area contributed by atoms with Crippen molar-refractivity contribution in [3.8, 4) is 0 Å². The van der Waals surface area contributed by atoms with E-state index in [0.29, 0.717) is 6.07 Å². The van der Waals surface area contributed by atoms with E-state index in [0.717, 1.165) is 18.2 Å². The van der Waals surface area contributed by atoms with Gasteiger partial charge in [-0.15, -0.1) is 0 Å². The Balaban J connectivity index is 1.99. The molecule has 1 atom stereocenters. The third-order valence-electron chi connectivity index (χ3n) is 4.73. The molecule has 1 unspecified atom stereocenters. The van der Waals surface area contributed by atoms with E-state index in [-0.39, 0.29) is 27.0 Å². The van der Waals surface area contributed by atoms with Crippen LogP contribution in [0.2, 0.25) is 0 Å². The second-order valence-electron chi connectivity index (χ2n) is 7.24. The molecule has 37 heavy (non-hydrogen) atoms. The van der Waals surface area contributed by atoms with E-state index in [1.165, 1.54) is 18.5 Å². The molecule has 0 spiro atoms. The van der Waals surface area contributed by atoms with Gasteiger partial charge in [0.1, 0.15) is 11.7 Å². The lowest BCUT2D eigenvalue weighted by molar-refractivity contribution is -0.140. The summed E-state index contributed by atoms with van der Waals surface area (Å²) in [6.45, 7) is 0. The summed E-state index contributed by atoms with van der Waals surface area (Å²) < 4.78 is 110. The van der Waals surface area contributed by atoms with Crippen LogP contribution in [-0.2, 0) is 6.18 Å². The van der Waals surface area contributed by atoms with Gasteiger partial charge in [-0.25, -0.2) is 18.7 Å². The second-order valence-corrected chi connectivity index (χ2v) is 8.95. The van der Waals surface area contributed by atoms with Crippen molar-refractivity contribution in [3.63, 3.8) is 0 Å². The molecule has 0 radical (unpaired) electrons. The molecule has 196 valence electrons. The number of anilines is 1. The highest BCUT2D eigenvalue weighted by Crippen LogP contribution is 2.41. The average Bonchev–Trinajstić information content (AvgIpc) is 2.83. The Labute approximate surface area is 220 Å². The third-order valence-corrected chi connectivity index (χ3v) is 5.88. The maximum Gasteiger partial charge on any atom is 0.417 e. The Kier molecular flexibility index (Phi) is 8.57. The molecule has 1 aromatic heterocycles. The summed E-state index contributed by atoms with van der Waals surface area (Å²) in [6.07, 6.45) is -7.59. The van der Waals surface area contributed by atoms with Gasteiger partial charge in [0.25, 0.3) is 5.91 Å². The van der Waals surface area contributed by atoms with Gasteiger partial charge in [-0.3, -0.25) is 15.6 Å². The highest BCUT2D eigenvalue weighted by Gasteiger charge is 2.41. The first-order valence-electron chi connectivity index (χ1n) is 9.82. The minimum absolute atomic E-state index is 0.0651. The Morgan fingerprint density at radius 3 is 2.11 bits per heavy atom. The fourth-order valence-electron chi connectivity index (χ4n) is 3.05. The van der Waals surface area contributed by atoms with Crippen LogP contribution in [0.25, 0.3) is 5.83 Å². The molecule has 0 fully saturated rings. The summed E-state index contributed by atoms with van der Waals surface area (Å²) in [5, 5.41) is 0. The number of halogens is 10. The zero-order chi connectivity index (χ0) is 27.5. The minimum Gasteiger partial charge on any atom is -0.267 e. The van der Waals surface area contributed by atoms with Crippen molar-refractivity contribution < 1.29 is 39.9 Å². The van der Waals surface area contributed by atoms with Crippen LogP contribution in [0.15, 0.2) is 63.8 Å². The molecule has 15 heteroatoms. The zero-order valence-electron chi connectivity index (χ0n) is 17.9. The summed E-state index contributed by atoms with van der Waals surface area (Å²) in [5.41, 5.74) is 0.173. The van der Waals surface area contributed by atoms with Crippen molar-refractivity contribution in [1.29, 1.82) is 0 Å². The molecule has 0 aliphatic carbocycles. The molecule has 0 saturated carbocycles. The van der Waals surface area contributed by atoms with Gasteiger partial charge in [0.05, 0.1) is 20.1 Å². The van der Waals surface area contributed by atoms with Gasteiger partial charge in [0.15, 0.2) is 5.82 Å². The molecule has 2 aromatic carbocycles. The van der Waals surface area contributed by atoms with E-state index >= 15 is 0 Å². The Morgan fingerprint density at radius 1 is 0.973 bits per heavy atom. The minimum atomic E-state index is -5.16. The van der Waals surface area contributed by atoms with Crippen LogP contribution in [0.1, 0.15) is 33.0 Å². The van der Waals surface area contributed by atoms with Crippen molar-refractivity contribution >= 4 is 49.5 Å². The maximum atomic E-state index is 14.9. The van der Waals surface area contributed by atoms with E-state index in [1.807, 2.05) is 5.43 Å². The number of carbonyl (C=O) groups excluding carboxylic acids is 1. The largest absolute Gasteiger partial charge is 0.417 e. The third kappa shape index (κ3) is 7.03. The van der Waals surface area contributed by atoms with Crippen LogP contribution < -0.4 is 10.9 Å². The summed E-state index contributed by atoms with van der Waals surface area (Å²) in [4.78, 5) is 19.7. The number of amides is 1. The summed E-state index contributed by atoms with van der Waals surface area (Å²) in [5.74, 6) is -6.59. The molecule has 0 bridgehead atoms. The molecule has 5 nitrogen and oxygen atoms in total. The van der Waals surface area contributed by atoms with E-state index in [1.54, 1.807) is 0 Å². The number of rotatable bonds is 6. The lowest BCUT2D eigenvalue weighted by Crippen LogP contribution is -2.32. The lowest BCUT2D eigenvalue weighted by Gasteiger charge is -2.19. The zero-order valence-corrected chi connectivity index (χ0v) is 21.0. The number of hydrogen-bond acceptors (Lipinski definition) is 4. The normalized spacial score (nSPS) is 13.3. The molecular formula is C22H12Br2F8N4O. The van der Waals surface area contributed by atoms with Gasteiger partial charge >= 0.3 is 12.4 Å². The molecule has 1 heterocycles. The van der Waals surface area contributed by atoms with Crippen molar-refractivity contribution in [2.45, 2.75) is 18.3 Å². The SMILES string of the molecule is O=C(NNc1ncccn1)c1ccc(/C(F)=C/C(c2cc(Br)c(F)c(Br)c2)C(F)(F)F)cc1C(F)(F)F. The average molecular weight is 660 g/mol. The topological polar surface area (TPSA) is 66.9 Å². The van der Waals surface area contributed by atoms with Crippen molar-refractivity contribution in [2.75, 3.05) is 5.43 Å². The van der Waals surface area contributed by atoms with Crippen molar-refractivity contribution in [3.05, 3.63) is 91.9 Å². The van der Waals surface area contributed by atoms with Gasteiger partial charge in [-0.05, 0) is 73.8 Å². The smallest absolute Gasteiger partial charge is 0.267 e. The summed E-state index contributed by atoms with van der Waals surface area (Å²) >= 11 is 5.52. The highest BCUT2D eigenvalue weighted by atomic mass is 79.9. The number of alkyl halides is 6. The van der Waals surface area contributed by atoms with Crippen molar-refractivity contribution in [2.24, 2.45) is 0 Å². The Hall–Kier alpha value is -3.07. The van der Waals surface area contributed by atoms with Crippen LogP contribution in [0, 0.1) is 5.82 Å². The van der Waals surface area contributed by atoms with E-state index < -0.39 is 58.1 Å². The first kappa shape index (κ1) is 28.5. The molecule has 1 amide bonds. The first-order chi connectivity index (χ1) is 17.2. The molecule has 0 aliphatic rings. The van der Waals surface area contributed by atoms with Crippen LogP contribution in [-0.4, -0.2) is 22.1 Å². The van der Waals surface area contributed by atoms with Gasteiger partial charge in [-0.1, -0.05) is 6.07 Å². The summed E-state index contributed by atoms with van der Waals surface area (Å²) in [6, 6.07) is 4.55. The Morgan fingerprint density at radius 2 is 1.57 bits per heavy atom. The van der Waals surface area contributed by atoms with Crippen LogP contribution in [0.4, 0.5) is 41.1 Å². The molecule has 0 aliphatic heterocycles. The fourth-order valence-corrected chi connectivity index (χ4v) is 4.27. The molecular weight excluding hydrogens is 648 g/mol. The predicted octanol–water partition coefficient (Wildman–Crippen LogP) is 7.57.